The molecule has 1 aliphatic heterocycles. The number of ether oxygens (including phenoxy) is 2. The van der Waals surface area contributed by atoms with E-state index in [9.17, 15) is 0 Å². The van der Waals surface area contributed by atoms with Crippen molar-refractivity contribution in [2.45, 2.75) is 38.8 Å². The Hall–Kier alpha value is -1.06. The molecular weight excluding hydrogens is 226 g/mol. The van der Waals surface area contributed by atoms with Crippen LogP contribution in [0.3, 0.4) is 0 Å². The van der Waals surface area contributed by atoms with Crippen molar-refractivity contribution in [3.8, 4) is 5.75 Å². The van der Waals surface area contributed by atoms with Gasteiger partial charge in [-0.2, -0.15) is 0 Å². The van der Waals surface area contributed by atoms with E-state index < -0.39 is 0 Å². The predicted octanol–water partition coefficient (Wildman–Crippen LogP) is 2.74. The van der Waals surface area contributed by atoms with Crippen molar-refractivity contribution in [1.29, 1.82) is 0 Å². The van der Waals surface area contributed by atoms with Gasteiger partial charge in [-0.25, -0.2) is 0 Å². The molecule has 1 heterocycles. The number of hydrogen-bond acceptors (Lipinski definition) is 3. The molecule has 0 aliphatic carbocycles. The lowest BCUT2D eigenvalue weighted by Crippen LogP contribution is -2.36. The molecule has 1 N–H and O–H groups in total. The monoisotopic (exact) mass is 249 g/mol. The molecule has 3 nitrogen and oxygen atoms in total. The summed E-state index contributed by atoms with van der Waals surface area (Å²) in [4.78, 5) is 0. The van der Waals surface area contributed by atoms with Crippen LogP contribution in [-0.2, 0) is 11.3 Å². The van der Waals surface area contributed by atoms with Crippen molar-refractivity contribution >= 4 is 0 Å². The van der Waals surface area contributed by atoms with Gasteiger partial charge in [0.2, 0.25) is 0 Å². The average Bonchev–Trinajstić information content (AvgIpc) is 2.79. The smallest absolute Gasteiger partial charge is 0.123 e. The normalized spacial score (nSPS) is 23.2. The molecule has 0 saturated carbocycles. The largest absolute Gasteiger partial charge is 0.494 e. The molecule has 1 aromatic rings. The fraction of sp³-hybridized carbons (Fsp3) is 0.600. The zero-order valence-corrected chi connectivity index (χ0v) is 11.4. The number of nitrogens with one attached hydrogen (secondary N) is 1. The van der Waals surface area contributed by atoms with E-state index in [0.717, 1.165) is 31.9 Å². The lowest BCUT2D eigenvalue weighted by molar-refractivity contribution is 0.0206. The molecule has 0 amide bonds. The molecular formula is C15H23NO2. The van der Waals surface area contributed by atoms with Gasteiger partial charge in [-0.15, -0.1) is 0 Å². The van der Waals surface area contributed by atoms with Crippen LogP contribution in [0.25, 0.3) is 0 Å². The third kappa shape index (κ3) is 3.47. The number of benzene rings is 1. The van der Waals surface area contributed by atoms with Crippen LogP contribution in [0.15, 0.2) is 24.3 Å². The zero-order chi connectivity index (χ0) is 12.8. The minimum atomic E-state index is 0.0144. The summed E-state index contributed by atoms with van der Waals surface area (Å²) in [7, 11) is 0. The minimum Gasteiger partial charge on any atom is -0.494 e. The molecule has 2 rings (SSSR count). The van der Waals surface area contributed by atoms with Crippen LogP contribution in [0.5, 0.6) is 5.75 Å². The Kier molecular flexibility index (Phi) is 4.61. The van der Waals surface area contributed by atoms with Gasteiger partial charge < -0.3 is 14.8 Å². The number of hydrogen-bond donors (Lipinski definition) is 1. The first-order valence-corrected chi connectivity index (χ1v) is 6.79. The Labute approximate surface area is 109 Å². The highest BCUT2D eigenvalue weighted by atomic mass is 16.5. The molecule has 1 aliphatic rings. The van der Waals surface area contributed by atoms with E-state index in [-0.39, 0.29) is 5.60 Å². The molecule has 1 aromatic carbocycles. The maximum Gasteiger partial charge on any atom is 0.123 e. The Morgan fingerprint density at radius 3 is 2.94 bits per heavy atom. The topological polar surface area (TPSA) is 30.5 Å². The van der Waals surface area contributed by atoms with Gasteiger partial charge in [-0.1, -0.05) is 18.2 Å². The van der Waals surface area contributed by atoms with E-state index in [1.807, 2.05) is 25.1 Å². The molecule has 0 bridgehead atoms. The van der Waals surface area contributed by atoms with Crippen molar-refractivity contribution < 1.29 is 9.47 Å². The Balaban J connectivity index is 1.86. The maximum absolute atomic E-state index is 5.76. The van der Waals surface area contributed by atoms with Crippen LogP contribution in [0.4, 0.5) is 0 Å². The van der Waals surface area contributed by atoms with Gasteiger partial charge in [0, 0.05) is 25.3 Å². The molecule has 1 fully saturated rings. The van der Waals surface area contributed by atoms with Gasteiger partial charge in [0.05, 0.1) is 12.2 Å². The molecule has 18 heavy (non-hydrogen) atoms. The highest BCUT2D eigenvalue weighted by Gasteiger charge is 2.28. The fourth-order valence-corrected chi connectivity index (χ4v) is 2.38. The molecule has 100 valence electrons. The lowest BCUT2D eigenvalue weighted by atomic mass is 10.0. The summed E-state index contributed by atoms with van der Waals surface area (Å²) in [5, 5.41) is 3.48. The van der Waals surface area contributed by atoms with Crippen LogP contribution in [0, 0.1) is 0 Å². The van der Waals surface area contributed by atoms with Crippen molar-refractivity contribution in [3.63, 3.8) is 0 Å². The predicted molar refractivity (Wildman–Crippen MR) is 72.9 cm³/mol. The Morgan fingerprint density at radius 2 is 2.22 bits per heavy atom. The number of para-hydroxylation sites is 1. The maximum atomic E-state index is 5.76. The van der Waals surface area contributed by atoms with Gasteiger partial charge in [0.25, 0.3) is 0 Å². The fourth-order valence-electron chi connectivity index (χ4n) is 2.38. The first-order valence-electron chi connectivity index (χ1n) is 6.79. The van der Waals surface area contributed by atoms with E-state index in [4.69, 9.17) is 9.47 Å². The van der Waals surface area contributed by atoms with Gasteiger partial charge in [0.1, 0.15) is 5.75 Å². The van der Waals surface area contributed by atoms with Crippen LogP contribution in [0.1, 0.15) is 32.3 Å². The summed E-state index contributed by atoms with van der Waals surface area (Å²) in [5.41, 5.74) is 1.22. The Morgan fingerprint density at radius 1 is 1.39 bits per heavy atom. The van der Waals surface area contributed by atoms with E-state index in [1.54, 1.807) is 0 Å². The van der Waals surface area contributed by atoms with Crippen molar-refractivity contribution in [2.24, 2.45) is 0 Å². The minimum absolute atomic E-state index is 0.0144. The standard InChI is InChI=1S/C15H23NO2/c1-3-17-14-8-5-4-7-13(14)11-16-12-15(2)9-6-10-18-15/h4-5,7-8,16H,3,6,9-12H2,1-2H3. The summed E-state index contributed by atoms with van der Waals surface area (Å²) < 4.78 is 11.4. The highest BCUT2D eigenvalue weighted by molar-refractivity contribution is 5.33. The van der Waals surface area contributed by atoms with Crippen LogP contribution >= 0.6 is 0 Å². The third-order valence-corrected chi connectivity index (χ3v) is 3.39. The molecule has 0 radical (unpaired) electrons. The average molecular weight is 249 g/mol. The lowest BCUT2D eigenvalue weighted by Gasteiger charge is -2.23. The first kappa shape index (κ1) is 13.4. The van der Waals surface area contributed by atoms with Gasteiger partial charge in [0.15, 0.2) is 0 Å². The van der Waals surface area contributed by atoms with Crippen LogP contribution < -0.4 is 10.1 Å². The Bertz CT molecular complexity index is 373. The summed E-state index contributed by atoms with van der Waals surface area (Å²) in [6, 6.07) is 8.19. The third-order valence-electron chi connectivity index (χ3n) is 3.39. The van der Waals surface area contributed by atoms with Crippen LogP contribution in [-0.4, -0.2) is 25.4 Å². The second kappa shape index (κ2) is 6.21. The van der Waals surface area contributed by atoms with Crippen molar-refractivity contribution in [2.75, 3.05) is 19.8 Å². The van der Waals surface area contributed by atoms with Gasteiger partial charge >= 0.3 is 0 Å². The highest BCUT2D eigenvalue weighted by Crippen LogP contribution is 2.24. The van der Waals surface area contributed by atoms with Crippen molar-refractivity contribution in [1.82, 2.24) is 5.32 Å². The quantitative estimate of drug-likeness (QED) is 0.841. The number of rotatable bonds is 6. The zero-order valence-electron chi connectivity index (χ0n) is 11.4. The van der Waals surface area contributed by atoms with E-state index in [0.29, 0.717) is 6.61 Å². The summed E-state index contributed by atoms with van der Waals surface area (Å²) in [6.45, 7) is 7.52. The molecule has 1 saturated heterocycles. The van der Waals surface area contributed by atoms with E-state index in [1.165, 1.54) is 12.0 Å². The molecule has 1 unspecified atom stereocenters. The second-order valence-corrected chi connectivity index (χ2v) is 5.05. The van der Waals surface area contributed by atoms with E-state index in [2.05, 4.69) is 18.3 Å². The van der Waals surface area contributed by atoms with Crippen LogP contribution in [0.2, 0.25) is 0 Å². The summed E-state index contributed by atoms with van der Waals surface area (Å²) >= 11 is 0. The molecule has 0 aromatic heterocycles. The van der Waals surface area contributed by atoms with Gasteiger partial charge in [-0.05, 0) is 32.8 Å². The van der Waals surface area contributed by atoms with E-state index >= 15 is 0 Å². The molecule has 0 spiro atoms. The van der Waals surface area contributed by atoms with Gasteiger partial charge in [-0.3, -0.25) is 0 Å². The molecule has 3 heteroatoms. The second-order valence-electron chi connectivity index (χ2n) is 5.05. The van der Waals surface area contributed by atoms with Crippen molar-refractivity contribution in [3.05, 3.63) is 29.8 Å². The molecule has 1 atom stereocenters. The summed E-state index contributed by atoms with van der Waals surface area (Å²) in [5.74, 6) is 0.977. The summed E-state index contributed by atoms with van der Waals surface area (Å²) in [6.07, 6.45) is 2.32. The SMILES string of the molecule is CCOc1ccccc1CNCC1(C)CCCO1. The first-order chi connectivity index (χ1) is 8.73.